The minimum atomic E-state index is -0.161. The van der Waals surface area contributed by atoms with Gasteiger partial charge >= 0.3 is 0 Å². The van der Waals surface area contributed by atoms with Crippen molar-refractivity contribution >= 4 is 16.8 Å². The highest BCUT2D eigenvalue weighted by molar-refractivity contribution is 5.79. The Bertz CT molecular complexity index is 740. The lowest BCUT2D eigenvalue weighted by Crippen LogP contribution is -2.38. The van der Waals surface area contributed by atoms with Crippen molar-refractivity contribution in [2.45, 2.75) is 13.0 Å². The Balaban J connectivity index is 1.79. The van der Waals surface area contributed by atoms with Crippen molar-refractivity contribution in [3.05, 3.63) is 40.9 Å². The van der Waals surface area contributed by atoms with Crippen LogP contribution in [0.1, 0.15) is 6.42 Å². The summed E-state index contributed by atoms with van der Waals surface area (Å²) in [5.41, 5.74) is 0.499. The molecule has 1 aliphatic rings. The lowest BCUT2D eigenvalue weighted by atomic mass is 10.2. The minimum Gasteiger partial charge on any atom is -0.340 e. The van der Waals surface area contributed by atoms with E-state index in [1.165, 1.54) is 10.9 Å². The molecule has 0 spiro atoms. The Labute approximate surface area is 129 Å². The van der Waals surface area contributed by atoms with Crippen LogP contribution in [-0.4, -0.2) is 58.5 Å². The summed E-state index contributed by atoms with van der Waals surface area (Å²) in [5.74, 6) is -0.0190. The maximum atomic E-state index is 12.4. The number of carbonyl (C=O) groups is 1. The molecule has 6 heteroatoms. The first-order valence-corrected chi connectivity index (χ1v) is 7.55. The second-order valence-electron chi connectivity index (χ2n) is 5.73. The van der Waals surface area contributed by atoms with E-state index in [0.29, 0.717) is 17.4 Å². The van der Waals surface area contributed by atoms with Crippen LogP contribution in [0.4, 0.5) is 0 Å². The number of nitrogens with zero attached hydrogens (tertiary/aromatic N) is 4. The first-order valence-electron chi connectivity index (χ1n) is 7.55. The number of hydrogen-bond acceptors (Lipinski definition) is 4. The summed E-state index contributed by atoms with van der Waals surface area (Å²) in [5, 5.41) is 0.549. The van der Waals surface area contributed by atoms with Gasteiger partial charge in [-0.2, -0.15) is 0 Å². The molecule has 0 atom stereocenters. The lowest BCUT2D eigenvalue weighted by molar-refractivity contribution is -0.131. The van der Waals surface area contributed by atoms with Crippen LogP contribution in [0.2, 0.25) is 0 Å². The average molecular weight is 300 g/mol. The zero-order chi connectivity index (χ0) is 15.5. The molecule has 6 nitrogen and oxygen atoms in total. The fourth-order valence-corrected chi connectivity index (χ4v) is 2.76. The SMILES string of the molecule is CN1CCCN(C(=O)Cn2cnc3ccccc3c2=O)CC1. The second-order valence-corrected chi connectivity index (χ2v) is 5.73. The van der Waals surface area contributed by atoms with Crippen molar-refractivity contribution in [2.24, 2.45) is 0 Å². The van der Waals surface area contributed by atoms with Gasteiger partial charge in [-0.1, -0.05) is 12.1 Å². The zero-order valence-electron chi connectivity index (χ0n) is 12.7. The Morgan fingerprint density at radius 3 is 2.86 bits per heavy atom. The number of carbonyl (C=O) groups excluding carboxylic acids is 1. The van der Waals surface area contributed by atoms with Crippen LogP contribution in [-0.2, 0) is 11.3 Å². The molecule has 1 amide bonds. The first-order chi connectivity index (χ1) is 10.6. The molecule has 0 bridgehead atoms. The van der Waals surface area contributed by atoms with Gasteiger partial charge in [0.2, 0.25) is 5.91 Å². The number of hydrogen-bond donors (Lipinski definition) is 0. The predicted octanol–water partition coefficient (Wildman–Crippen LogP) is 0.561. The fraction of sp³-hybridized carbons (Fsp3) is 0.438. The third-order valence-electron chi connectivity index (χ3n) is 4.11. The maximum absolute atomic E-state index is 12.4. The topological polar surface area (TPSA) is 58.4 Å². The van der Waals surface area contributed by atoms with Gasteiger partial charge in [-0.3, -0.25) is 14.2 Å². The Kier molecular flexibility index (Phi) is 4.20. The van der Waals surface area contributed by atoms with Crippen LogP contribution >= 0.6 is 0 Å². The van der Waals surface area contributed by atoms with Crippen LogP contribution in [0.25, 0.3) is 10.9 Å². The molecule has 2 aromatic rings. The van der Waals surface area contributed by atoms with E-state index in [4.69, 9.17) is 0 Å². The summed E-state index contributed by atoms with van der Waals surface area (Å²) >= 11 is 0. The molecule has 0 aliphatic carbocycles. The van der Waals surface area contributed by atoms with Crippen molar-refractivity contribution in [2.75, 3.05) is 33.2 Å². The Hall–Kier alpha value is -2.21. The number of amides is 1. The van der Waals surface area contributed by atoms with Crippen LogP contribution in [0.3, 0.4) is 0 Å². The number of para-hydroxylation sites is 1. The van der Waals surface area contributed by atoms with Crippen molar-refractivity contribution in [1.29, 1.82) is 0 Å². The van der Waals surface area contributed by atoms with Crippen molar-refractivity contribution in [1.82, 2.24) is 19.4 Å². The third-order valence-corrected chi connectivity index (χ3v) is 4.11. The summed E-state index contributed by atoms with van der Waals surface area (Å²) in [7, 11) is 2.06. The highest BCUT2D eigenvalue weighted by atomic mass is 16.2. The molecule has 3 rings (SSSR count). The molecule has 2 heterocycles. The van der Waals surface area contributed by atoms with E-state index < -0.39 is 0 Å². The van der Waals surface area contributed by atoms with Gasteiger partial charge in [0.15, 0.2) is 0 Å². The molecule has 22 heavy (non-hydrogen) atoms. The van der Waals surface area contributed by atoms with Gasteiger partial charge in [0, 0.05) is 19.6 Å². The summed E-state index contributed by atoms with van der Waals surface area (Å²) in [6.07, 6.45) is 2.43. The highest BCUT2D eigenvalue weighted by Gasteiger charge is 2.18. The molecule has 1 fully saturated rings. The van der Waals surface area contributed by atoms with E-state index in [1.54, 1.807) is 12.1 Å². The van der Waals surface area contributed by atoms with Gasteiger partial charge in [-0.05, 0) is 32.1 Å². The molecule has 0 saturated carbocycles. The van der Waals surface area contributed by atoms with Gasteiger partial charge < -0.3 is 9.80 Å². The van der Waals surface area contributed by atoms with Crippen molar-refractivity contribution in [3.8, 4) is 0 Å². The molecule has 0 radical (unpaired) electrons. The minimum absolute atomic E-state index is 0.0190. The summed E-state index contributed by atoms with van der Waals surface area (Å²) < 4.78 is 1.40. The lowest BCUT2D eigenvalue weighted by Gasteiger charge is -2.21. The van der Waals surface area contributed by atoms with Crippen molar-refractivity contribution < 1.29 is 4.79 Å². The van der Waals surface area contributed by atoms with Crippen LogP contribution < -0.4 is 5.56 Å². The molecule has 1 aliphatic heterocycles. The molecule has 0 unspecified atom stereocenters. The quantitative estimate of drug-likeness (QED) is 0.813. The van der Waals surface area contributed by atoms with E-state index in [-0.39, 0.29) is 18.0 Å². The number of fused-ring (bicyclic) bond motifs is 1. The smallest absolute Gasteiger partial charge is 0.261 e. The standard InChI is InChI=1S/C16H20N4O2/c1-18-7-4-8-19(10-9-18)15(21)11-20-12-17-14-6-3-2-5-13(14)16(20)22/h2-3,5-6,12H,4,7-11H2,1H3. The number of aromatic nitrogens is 2. The van der Waals surface area contributed by atoms with E-state index in [9.17, 15) is 9.59 Å². The van der Waals surface area contributed by atoms with Crippen LogP contribution in [0.15, 0.2) is 35.4 Å². The number of likely N-dealkylation sites (N-methyl/N-ethyl adjacent to an activating group) is 1. The van der Waals surface area contributed by atoms with Gasteiger partial charge in [0.1, 0.15) is 6.54 Å². The molecule has 0 N–H and O–H groups in total. The summed E-state index contributed by atoms with van der Waals surface area (Å²) in [6, 6.07) is 7.19. The summed E-state index contributed by atoms with van der Waals surface area (Å²) in [4.78, 5) is 33.2. The number of rotatable bonds is 2. The monoisotopic (exact) mass is 300 g/mol. The molecule has 116 valence electrons. The van der Waals surface area contributed by atoms with Gasteiger partial charge in [-0.15, -0.1) is 0 Å². The van der Waals surface area contributed by atoms with Crippen LogP contribution in [0, 0.1) is 0 Å². The Morgan fingerprint density at radius 2 is 2.00 bits per heavy atom. The highest BCUT2D eigenvalue weighted by Crippen LogP contribution is 2.06. The normalized spacial score (nSPS) is 16.7. The van der Waals surface area contributed by atoms with Crippen LogP contribution in [0.5, 0.6) is 0 Å². The molecular weight excluding hydrogens is 280 g/mol. The third kappa shape index (κ3) is 3.01. The largest absolute Gasteiger partial charge is 0.340 e. The zero-order valence-corrected chi connectivity index (χ0v) is 12.7. The fourth-order valence-electron chi connectivity index (χ4n) is 2.76. The molecule has 1 aromatic heterocycles. The summed E-state index contributed by atoms with van der Waals surface area (Å²) in [6.45, 7) is 3.39. The number of benzene rings is 1. The van der Waals surface area contributed by atoms with E-state index in [1.807, 2.05) is 17.0 Å². The van der Waals surface area contributed by atoms with E-state index in [2.05, 4.69) is 16.9 Å². The van der Waals surface area contributed by atoms with Gasteiger partial charge in [0.25, 0.3) is 5.56 Å². The molecular formula is C16H20N4O2. The van der Waals surface area contributed by atoms with Gasteiger partial charge in [0.05, 0.1) is 17.2 Å². The van der Waals surface area contributed by atoms with Gasteiger partial charge in [-0.25, -0.2) is 4.98 Å². The molecule has 1 saturated heterocycles. The van der Waals surface area contributed by atoms with E-state index in [0.717, 1.165) is 26.1 Å². The predicted molar refractivity (Wildman–Crippen MR) is 84.7 cm³/mol. The Morgan fingerprint density at radius 1 is 1.18 bits per heavy atom. The molecule has 1 aromatic carbocycles. The van der Waals surface area contributed by atoms with Crippen molar-refractivity contribution in [3.63, 3.8) is 0 Å². The average Bonchev–Trinajstić information content (AvgIpc) is 2.75. The maximum Gasteiger partial charge on any atom is 0.261 e. The van der Waals surface area contributed by atoms with E-state index >= 15 is 0 Å². The second kappa shape index (κ2) is 6.27. The first kappa shape index (κ1) is 14.7.